The summed E-state index contributed by atoms with van der Waals surface area (Å²) in [5, 5.41) is 7.92. The van der Waals surface area contributed by atoms with E-state index in [-0.39, 0.29) is 11.5 Å². The molecule has 34 heavy (non-hydrogen) atoms. The van der Waals surface area contributed by atoms with Gasteiger partial charge in [0.05, 0.1) is 11.8 Å². The Labute approximate surface area is 202 Å². The molecule has 0 saturated carbocycles. The number of aromatic nitrogens is 3. The first-order chi connectivity index (χ1) is 16.5. The van der Waals surface area contributed by atoms with Crippen molar-refractivity contribution in [2.75, 3.05) is 13.1 Å². The maximum atomic E-state index is 13.3. The van der Waals surface area contributed by atoms with Crippen LogP contribution >= 0.6 is 11.6 Å². The first kappa shape index (κ1) is 22.4. The lowest BCUT2D eigenvalue weighted by Crippen LogP contribution is -2.38. The first-order valence-electron chi connectivity index (χ1n) is 11.4. The van der Waals surface area contributed by atoms with Crippen LogP contribution in [0, 0.1) is 0 Å². The fourth-order valence-corrected chi connectivity index (χ4v) is 4.77. The van der Waals surface area contributed by atoms with Crippen LogP contribution in [0.4, 0.5) is 0 Å². The van der Waals surface area contributed by atoms with E-state index in [0.717, 1.165) is 36.3 Å². The van der Waals surface area contributed by atoms with Crippen LogP contribution in [0.5, 0.6) is 0 Å². The van der Waals surface area contributed by atoms with Gasteiger partial charge in [0.15, 0.2) is 5.65 Å². The summed E-state index contributed by atoms with van der Waals surface area (Å²) < 4.78 is 3.32. The largest absolute Gasteiger partial charge is 0.352 e. The van der Waals surface area contributed by atoms with E-state index >= 15 is 0 Å². The SMILES string of the molecule is Cn1c2c(c(=O)n3ncc(C(=O)NCCc4ccc(Cl)cc4)c13)CN(Cc1ccccc1)CC2. The molecule has 0 unspecified atom stereocenters. The summed E-state index contributed by atoms with van der Waals surface area (Å²) in [5.74, 6) is -0.236. The Kier molecular flexibility index (Phi) is 6.22. The van der Waals surface area contributed by atoms with Gasteiger partial charge in [0.1, 0.15) is 5.56 Å². The lowest BCUT2D eigenvalue weighted by atomic mass is 10.1. The summed E-state index contributed by atoms with van der Waals surface area (Å²) in [4.78, 5) is 28.5. The number of amides is 1. The molecule has 7 nitrogen and oxygen atoms in total. The lowest BCUT2D eigenvalue weighted by Gasteiger charge is -2.29. The van der Waals surface area contributed by atoms with E-state index in [1.807, 2.05) is 54.1 Å². The van der Waals surface area contributed by atoms with Crippen LogP contribution in [-0.2, 0) is 33.0 Å². The molecule has 0 aliphatic carbocycles. The third-order valence-corrected chi connectivity index (χ3v) is 6.67. The lowest BCUT2D eigenvalue weighted by molar-refractivity contribution is 0.0955. The maximum absolute atomic E-state index is 13.3. The van der Waals surface area contributed by atoms with E-state index in [1.54, 1.807) is 0 Å². The van der Waals surface area contributed by atoms with Gasteiger partial charge in [0, 0.05) is 50.4 Å². The molecule has 0 atom stereocenters. The van der Waals surface area contributed by atoms with Crippen molar-refractivity contribution < 1.29 is 4.79 Å². The molecule has 2 aromatic heterocycles. The average molecular weight is 476 g/mol. The number of nitrogens with zero attached hydrogens (tertiary/aromatic N) is 4. The number of halogens is 1. The van der Waals surface area contributed by atoms with Crippen LogP contribution in [0.15, 0.2) is 65.6 Å². The van der Waals surface area contributed by atoms with E-state index in [1.165, 1.54) is 16.3 Å². The van der Waals surface area contributed by atoms with Crippen LogP contribution < -0.4 is 10.9 Å². The van der Waals surface area contributed by atoms with E-state index in [2.05, 4.69) is 27.4 Å². The second kappa shape index (κ2) is 9.44. The number of fused-ring (bicyclic) bond motifs is 2. The number of nitrogens with one attached hydrogen (secondary N) is 1. The Bertz CT molecular complexity index is 1390. The van der Waals surface area contributed by atoms with Crippen molar-refractivity contribution in [2.24, 2.45) is 7.05 Å². The molecule has 1 aliphatic heterocycles. The Balaban J connectivity index is 1.35. The van der Waals surface area contributed by atoms with Gasteiger partial charge in [0.2, 0.25) is 0 Å². The zero-order valence-corrected chi connectivity index (χ0v) is 19.8. The van der Waals surface area contributed by atoms with Crippen molar-refractivity contribution >= 4 is 23.2 Å². The summed E-state index contributed by atoms with van der Waals surface area (Å²) >= 11 is 5.93. The predicted octanol–water partition coefficient (Wildman–Crippen LogP) is 3.22. The normalized spacial score (nSPS) is 13.7. The molecule has 3 heterocycles. The molecule has 8 heteroatoms. The van der Waals surface area contributed by atoms with Crippen LogP contribution in [0.25, 0.3) is 5.65 Å². The van der Waals surface area contributed by atoms with E-state index in [9.17, 15) is 9.59 Å². The fourth-order valence-electron chi connectivity index (χ4n) is 4.64. The van der Waals surface area contributed by atoms with Gasteiger partial charge in [-0.1, -0.05) is 54.1 Å². The van der Waals surface area contributed by atoms with Crippen LogP contribution in [0.1, 0.15) is 32.7 Å². The van der Waals surface area contributed by atoms with Gasteiger partial charge in [-0.25, -0.2) is 0 Å². The predicted molar refractivity (Wildman–Crippen MR) is 132 cm³/mol. The zero-order chi connectivity index (χ0) is 23.7. The third kappa shape index (κ3) is 4.36. The quantitative estimate of drug-likeness (QED) is 0.465. The molecular weight excluding hydrogens is 450 g/mol. The van der Waals surface area contributed by atoms with Crippen LogP contribution in [0.3, 0.4) is 0 Å². The van der Waals surface area contributed by atoms with Crippen molar-refractivity contribution in [1.82, 2.24) is 24.4 Å². The number of carbonyl (C=O) groups excluding carboxylic acids is 1. The minimum Gasteiger partial charge on any atom is -0.352 e. The topological polar surface area (TPSA) is 71.6 Å². The molecule has 0 fully saturated rings. The highest BCUT2D eigenvalue weighted by Gasteiger charge is 2.26. The summed E-state index contributed by atoms with van der Waals surface area (Å²) in [6, 6.07) is 17.8. The second-order valence-corrected chi connectivity index (χ2v) is 9.10. The van der Waals surface area contributed by atoms with Crippen molar-refractivity contribution in [3.63, 3.8) is 0 Å². The van der Waals surface area contributed by atoms with Crippen molar-refractivity contribution in [3.05, 3.63) is 104 Å². The molecule has 0 saturated heterocycles. The number of carbonyl (C=O) groups is 1. The van der Waals surface area contributed by atoms with Crippen molar-refractivity contribution in [2.45, 2.75) is 25.9 Å². The fraction of sp³-hybridized carbons (Fsp3) is 0.269. The number of aryl methyl sites for hydroxylation is 1. The van der Waals surface area contributed by atoms with Gasteiger partial charge in [0.25, 0.3) is 11.5 Å². The van der Waals surface area contributed by atoms with Crippen LogP contribution in [-0.4, -0.2) is 38.1 Å². The summed E-state index contributed by atoms with van der Waals surface area (Å²) in [6.07, 6.45) is 2.92. The zero-order valence-electron chi connectivity index (χ0n) is 19.0. The van der Waals surface area contributed by atoms with Gasteiger partial charge in [-0.3, -0.25) is 14.5 Å². The molecule has 4 aromatic rings. The Morgan fingerprint density at radius 3 is 2.62 bits per heavy atom. The van der Waals surface area contributed by atoms with Gasteiger partial charge < -0.3 is 9.88 Å². The molecule has 174 valence electrons. The monoisotopic (exact) mass is 475 g/mol. The standard InChI is InChI=1S/C26H26ClN5O2/c1-30-23-12-14-31(16-19-5-3-2-4-6-19)17-22(23)26(34)32-25(30)21(15-29-32)24(33)28-13-11-18-7-9-20(27)10-8-18/h2-10,15H,11-14,16-17H2,1H3,(H,28,33). The van der Waals surface area contributed by atoms with E-state index < -0.39 is 0 Å². The summed E-state index contributed by atoms with van der Waals surface area (Å²) in [7, 11) is 1.91. The molecule has 1 N–H and O–H groups in total. The number of rotatable bonds is 6. The summed E-state index contributed by atoms with van der Waals surface area (Å²) in [6.45, 7) is 2.68. The highest BCUT2D eigenvalue weighted by atomic mass is 35.5. The second-order valence-electron chi connectivity index (χ2n) is 8.66. The van der Waals surface area contributed by atoms with Gasteiger partial charge >= 0.3 is 0 Å². The highest BCUT2D eigenvalue weighted by Crippen LogP contribution is 2.21. The summed E-state index contributed by atoms with van der Waals surface area (Å²) in [5.41, 5.74) is 4.81. The van der Waals surface area contributed by atoms with Crippen molar-refractivity contribution in [3.8, 4) is 0 Å². The van der Waals surface area contributed by atoms with Gasteiger partial charge in [-0.05, 0) is 29.7 Å². The number of hydrogen-bond acceptors (Lipinski definition) is 4. The number of hydrogen-bond donors (Lipinski definition) is 1. The van der Waals surface area contributed by atoms with E-state index in [0.29, 0.717) is 35.7 Å². The Hall–Kier alpha value is -3.42. The molecule has 1 amide bonds. The maximum Gasteiger partial charge on any atom is 0.279 e. The van der Waals surface area contributed by atoms with Crippen molar-refractivity contribution in [1.29, 1.82) is 0 Å². The molecular formula is C26H26ClN5O2. The minimum absolute atomic E-state index is 0.152. The van der Waals surface area contributed by atoms with Crippen LogP contribution in [0.2, 0.25) is 5.02 Å². The molecule has 0 radical (unpaired) electrons. The molecule has 5 rings (SSSR count). The number of benzene rings is 2. The molecule has 1 aliphatic rings. The third-order valence-electron chi connectivity index (χ3n) is 6.42. The molecule has 0 spiro atoms. The van der Waals surface area contributed by atoms with E-state index in [4.69, 9.17) is 11.6 Å². The van der Waals surface area contributed by atoms with Gasteiger partial charge in [-0.2, -0.15) is 9.61 Å². The average Bonchev–Trinajstić information content (AvgIpc) is 3.30. The Morgan fingerprint density at radius 2 is 1.85 bits per heavy atom. The first-order valence-corrected chi connectivity index (χ1v) is 11.8. The highest BCUT2D eigenvalue weighted by molar-refractivity contribution is 6.30. The molecule has 2 aromatic carbocycles. The minimum atomic E-state index is -0.236. The molecule has 0 bridgehead atoms. The smallest absolute Gasteiger partial charge is 0.279 e. The van der Waals surface area contributed by atoms with Gasteiger partial charge in [-0.15, -0.1) is 0 Å². The Morgan fingerprint density at radius 1 is 1.09 bits per heavy atom.